The molecule has 3 rings (SSSR count). The Labute approximate surface area is 88.5 Å². The van der Waals surface area contributed by atoms with Crippen molar-refractivity contribution in [2.75, 3.05) is 13.1 Å². The van der Waals surface area contributed by atoms with Crippen molar-refractivity contribution in [3.05, 3.63) is 30.2 Å². The van der Waals surface area contributed by atoms with Crippen molar-refractivity contribution < 1.29 is 4.42 Å². The van der Waals surface area contributed by atoms with E-state index in [2.05, 4.69) is 17.2 Å². The molecule has 1 N–H and O–H groups in total. The molecule has 0 saturated carbocycles. The third-order valence-corrected chi connectivity index (χ3v) is 3.15. The molecule has 15 heavy (non-hydrogen) atoms. The number of hydrogen-bond donors (Lipinski definition) is 1. The molecule has 1 fully saturated rings. The first-order valence-corrected chi connectivity index (χ1v) is 5.41. The summed E-state index contributed by atoms with van der Waals surface area (Å²) in [6.45, 7) is 4.27. The van der Waals surface area contributed by atoms with Gasteiger partial charge in [-0.15, -0.1) is 0 Å². The minimum atomic E-state index is 0.428. The number of para-hydroxylation sites is 2. The largest absolute Gasteiger partial charge is 0.440 e. The zero-order valence-corrected chi connectivity index (χ0v) is 8.73. The van der Waals surface area contributed by atoms with Gasteiger partial charge in [0, 0.05) is 6.54 Å². The second-order valence-electron chi connectivity index (χ2n) is 4.26. The Bertz CT molecular complexity index is 444. The maximum atomic E-state index is 5.77. The Hall–Kier alpha value is -1.35. The molecule has 0 bridgehead atoms. The van der Waals surface area contributed by atoms with E-state index < -0.39 is 0 Å². The van der Waals surface area contributed by atoms with Gasteiger partial charge < -0.3 is 9.73 Å². The molecule has 2 heterocycles. The lowest BCUT2D eigenvalue weighted by Crippen LogP contribution is -2.08. The van der Waals surface area contributed by atoms with Gasteiger partial charge in [0.2, 0.25) is 0 Å². The summed E-state index contributed by atoms with van der Waals surface area (Å²) in [5, 5.41) is 3.36. The predicted molar refractivity (Wildman–Crippen MR) is 58.8 cm³/mol. The molecule has 0 spiro atoms. The molecule has 0 radical (unpaired) electrons. The van der Waals surface area contributed by atoms with Crippen LogP contribution >= 0.6 is 0 Å². The summed E-state index contributed by atoms with van der Waals surface area (Å²) in [6, 6.07) is 7.94. The Morgan fingerprint density at radius 2 is 2.20 bits per heavy atom. The lowest BCUT2D eigenvalue weighted by Gasteiger charge is -2.08. The Balaban J connectivity index is 2.04. The average molecular weight is 202 g/mol. The first-order valence-electron chi connectivity index (χ1n) is 5.41. The van der Waals surface area contributed by atoms with Crippen molar-refractivity contribution >= 4 is 11.1 Å². The molecular weight excluding hydrogens is 188 g/mol. The third kappa shape index (κ3) is 1.43. The third-order valence-electron chi connectivity index (χ3n) is 3.15. The molecule has 3 nitrogen and oxygen atoms in total. The molecule has 0 amide bonds. The molecule has 0 aliphatic carbocycles. The van der Waals surface area contributed by atoms with Crippen molar-refractivity contribution in [2.24, 2.45) is 5.92 Å². The minimum Gasteiger partial charge on any atom is -0.440 e. The van der Waals surface area contributed by atoms with Crippen molar-refractivity contribution in [1.82, 2.24) is 10.3 Å². The molecule has 2 aromatic rings. The van der Waals surface area contributed by atoms with Gasteiger partial charge in [0.1, 0.15) is 5.52 Å². The standard InChI is InChI=1S/C12H14N2O/c1-8-6-13-7-9(8)12-14-10-4-2-3-5-11(10)15-12/h2-5,8-9,13H,6-7H2,1H3. The summed E-state index contributed by atoms with van der Waals surface area (Å²) in [6.07, 6.45) is 0. The van der Waals surface area contributed by atoms with E-state index in [1.807, 2.05) is 24.3 Å². The van der Waals surface area contributed by atoms with Crippen LogP contribution in [0.4, 0.5) is 0 Å². The van der Waals surface area contributed by atoms with Gasteiger partial charge in [-0.25, -0.2) is 4.98 Å². The van der Waals surface area contributed by atoms with Crippen LogP contribution in [0.1, 0.15) is 18.7 Å². The zero-order valence-electron chi connectivity index (χ0n) is 8.73. The second kappa shape index (κ2) is 3.35. The summed E-state index contributed by atoms with van der Waals surface area (Å²) >= 11 is 0. The number of nitrogens with zero attached hydrogens (tertiary/aromatic N) is 1. The first kappa shape index (κ1) is 8.92. The van der Waals surface area contributed by atoms with E-state index in [1.165, 1.54) is 0 Å². The lowest BCUT2D eigenvalue weighted by molar-refractivity contribution is 0.435. The highest BCUT2D eigenvalue weighted by Crippen LogP contribution is 2.29. The van der Waals surface area contributed by atoms with Crippen molar-refractivity contribution in [1.29, 1.82) is 0 Å². The SMILES string of the molecule is CC1CNCC1c1nc2ccccc2o1. The van der Waals surface area contributed by atoms with Crippen LogP contribution in [0.5, 0.6) is 0 Å². The molecule has 1 saturated heterocycles. The zero-order chi connectivity index (χ0) is 10.3. The number of benzene rings is 1. The van der Waals surface area contributed by atoms with Gasteiger partial charge in [0.25, 0.3) is 0 Å². The number of rotatable bonds is 1. The summed E-state index contributed by atoms with van der Waals surface area (Å²) < 4.78 is 5.77. The highest BCUT2D eigenvalue weighted by molar-refractivity contribution is 5.72. The molecular formula is C12H14N2O. The highest BCUT2D eigenvalue weighted by atomic mass is 16.3. The van der Waals surface area contributed by atoms with Crippen LogP contribution in [-0.4, -0.2) is 18.1 Å². The van der Waals surface area contributed by atoms with E-state index in [-0.39, 0.29) is 0 Å². The van der Waals surface area contributed by atoms with Crippen LogP contribution in [0.3, 0.4) is 0 Å². The van der Waals surface area contributed by atoms with Crippen LogP contribution in [0.25, 0.3) is 11.1 Å². The Morgan fingerprint density at radius 1 is 1.33 bits per heavy atom. The van der Waals surface area contributed by atoms with Crippen LogP contribution in [0, 0.1) is 5.92 Å². The van der Waals surface area contributed by atoms with Gasteiger partial charge in [-0.05, 0) is 24.6 Å². The fourth-order valence-corrected chi connectivity index (χ4v) is 2.19. The molecule has 3 heteroatoms. The van der Waals surface area contributed by atoms with E-state index in [4.69, 9.17) is 4.42 Å². The summed E-state index contributed by atoms with van der Waals surface area (Å²) in [4.78, 5) is 4.54. The van der Waals surface area contributed by atoms with Crippen molar-refractivity contribution in [3.8, 4) is 0 Å². The first-order chi connectivity index (χ1) is 7.34. The van der Waals surface area contributed by atoms with Crippen molar-refractivity contribution in [2.45, 2.75) is 12.8 Å². The van der Waals surface area contributed by atoms with E-state index in [0.29, 0.717) is 11.8 Å². The highest BCUT2D eigenvalue weighted by Gasteiger charge is 2.28. The monoisotopic (exact) mass is 202 g/mol. The Morgan fingerprint density at radius 3 is 2.93 bits per heavy atom. The Kier molecular flexibility index (Phi) is 1.99. The number of hydrogen-bond acceptors (Lipinski definition) is 3. The van der Waals surface area contributed by atoms with Crippen LogP contribution in [0.2, 0.25) is 0 Å². The quantitative estimate of drug-likeness (QED) is 0.770. The van der Waals surface area contributed by atoms with Gasteiger partial charge in [0.15, 0.2) is 11.5 Å². The van der Waals surface area contributed by atoms with E-state index in [0.717, 1.165) is 30.1 Å². The van der Waals surface area contributed by atoms with E-state index in [1.54, 1.807) is 0 Å². The molecule has 1 aliphatic rings. The smallest absolute Gasteiger partial charge is 0.200 e. The molecule has 2 unspecified atom stereocenters. The second-order valence-corrected chi connectivity index (χ2v) is 4.26. The van der Waals surface area contributed by atoms with Gasteiger partial charge >= 0.3 is 0 Å². The minimum absolute atomic E-state index is 0.428. The maximum Gasteiger partial charge on any atom is 0.200 e. The number of nitrogens with one attached hydrogen (secondary N) is 1. The molecule has 1 aliphatic heterocycles. The molecule has 78 valence electrons. The summed E-state index contributed by atoms with van der Waals surface area (Å²) in [5.74, 6) is 1.92. The average Bonchev–Trinajstić information content (AvgIpc) is 2.82. The van der Waals surface area contributed by atoms with Crippen LogP contribution in [-0.2, 0) is 0 Å². The number of oxazole rings is 1. The normalized spacial score (nSPS) is 26.2. The van der Waals surface area contributed by atoms with Crippen LogP contribution < -0.4 is 5.32 Å². The topological polar surface area (TPSA) is 38.1 Å². The fourth-order valence-electron chi connectivity index (χ4n) is 2.19. The van der Waals surface area contributed by atoms with Gasteiger partial charge in [0.05, 0.1) is 5.92 Å². The van der Waals surface area contributed by atoms with Crippen molar-refractivity contribution in [3.63, 3.8) is 0 Å². The van der Waals surface area contributed by atoms with E-state index in [9.17, 15) is 0 Å². The predicted octanol–water partition coefficient (Wildman–Crippen LogP) is 2.15. The van der Waals surface area contributed by atoms with Gasteiger partial charge in [-0.2, -0.15) is 0 Å². The van der Waals surface area contributed by atoms with E-state index >= 15 is 0 Å². The fraction of sp³-hybridized carbons (Fsp3) is 0.417. The number of aromatic nitrogens is 1. The summed E-state index contributed by atoms with van der Waals surface area (Å²) in [7, 11) is 0. The molecule has 1 aromatic carbocycles. The maximum absolute atomic E-state index is 5.77. The lowest BCUT2D eigenvalue weighted by atomic mass is 9.98. The molecule has 2 atom stereocenters. The van der Waals surface area contributed by atoms with Crippen LogP contribution in [0.15, 0.2) is 28.7 Å². The van der Waals surface area contributed by atoms with Gasteiger partial charge in [-0.3, -0.25) is 0 Å². The molecule has 1 aromatic heterocycles. The summed E-state index contributed by atoms with van der Waals surface area (Å²) in [5.41, 5.74) is 1.86. The number of fused-ring (bicyclic) bond motifs is 1. The van der Waals surface area contributed by atoms with Gasteiger partial charge in [-0.1, -0.05) is 19.1 Å².